The predicted molar refractivity (Wildman–Crippen MR) is 75.4 cm³/mol. The molecular formula is C14H17ClN4. The van der Waals surface area contributed by atoms with Crippen LogP contribution in [-0.4, -0.2) is 27.8 Å². The molecule has 0 spiro atoms. The van der Waals surface area contributed by atoms with Crippen LogP contribution in [0.15, 0.2) is 24.5 Å². The molecule has 3 rings (SSSR count). The summed E-state index contributed by atoms with van der Waals surface area (Å²) in [5.41, 5.74) is 2.82. The van der Waals surface area contributed by atoms with Gasteiger partial charge in [-0.05, 0) is 49.1 Å². The number of hydrogen-bond acceptors (Lipinski definition) is 3. The van der Waals surface area contributed by atoms with Crippen molar-refractivity contribution in [1.82, 2.24) is 20.5 Å². The molecule has 0 saturated heterocycles. The maximum Gasteiger partial charge on any atom is 0.137 e. The minimum Gasteiger partial charge on any atom is -0.313 e. The van der Waals surface area contributed by atoms with Gasteiger partial charge in [0, 0.05) is 17.5 Å². The third-order valence-corrected chi connectivity index (χ3v) is 3.82. The van der Waals surface area contributed by atoms with Crippen molar-refractivity contribution in [3.63, 3.8) is 0 Å². The summed E-state index contributed by atoms with van der Waals surface area (Å²) in [6, 6.07) is 6.76. The molecule has 0 fully saturated rings. The molecule has 0 aliphatic heterocycles. The fourth-order valence-electron chi connectivity index (χ4n) is 2.64. The van der Waals surface area contributed by atoms with E-state index < -0.39 is 0 Å². The molecule has 5 heteroatoms. The minimum absolute atomic E-state index is 0.545. The van der Waals surface area contributed by atoms with Crippen LogP contribution in [0, 0.1) is 0 Å². The van der Waals surface area contributed by atoms with Crippen LogP contribution in [0.2, 0.25) is 5.02 Å². The Balaban J connectivity index is 1.43. The van der Waals surface area contributed by atoms with Gasteiger partial charge in [-0.25, -0.2) is 4.98 Å². The molecule has 19 heavy (non-hydrogen) atoms. The summed E-state index contributed by atoms with van der Waals surface area (Å²) in [4.78, 5) is 4.12. The maximum absolute atomic E-state index is 6.02. The molecule has 1 aliphatic rings. The van der Waals surface area contributed by atoms with Gasteiger partial charge in [0.15, 0.2) is 0 Å². The average Bonchev–Trinajstić information content (AvgIpc) is 3.02. The predicted octanol–water partition coefficient (Wildman–Crippen LogP) is 2.15. The van der Waals surface area contributed by atoms with Gasteiger partial charge in [0.05, 0.1) is 0 Å². The highest BCUT2D eigenvalue weighted by atomic mass is 35.5. The Morgan fingerprint density at radius 2 is 2.21 bits per heavy atom. The molecule has 1 unspecified atom stereocenters. The number of hydrogen-bond donors (Lipinski definition) is 2. The van der Waals surface area contributed by atoms with Gasteiger partial charge in [0.25, 0.3) is 0 Å². The number of nitrogens with zero attached hydrogens (tertiary/aromatic N) is 2. The first-order valence-corrected chi connectivity index (χ1v) is 7.04. The zero-order valence-corrected chi connectivity index (χ0v) is 11.5. The number of rotatable bonds is 5. The normalized spacial score (nSPS) is 17.6. The third-order valence-electron chi connectivity index (χ3n) is 3.59. The van der Waals surface area contributed by atoms with Gasteiger partial charge in [-0.15, -0.1) is 0 Å². The Morgan fingerprint density at radius 1 is 1.32 bits per heavy atom. The van der Waals surface area contributed by atoms with E-state index in [1.807, 2.05) is 6.07 Å². The van der Waals surface area contributed by atoms with Crippen LogP contribution in [0.25, 0.3) is 0 Å². The molecule has 2 aromatic rings. The van der Waals surface area contributed by atoms with Crippen LogP contribution in [0.3, 0.4) is 0 Å². The number of benzene rings is 1. The highest BCUT2D eigenvalue weighted by Crippen LogP contribution is 2.25. The fraction of sp³-hybridized carbons (Fsp3) is 0.429. The zero-order chi connectivity index (χ0) is 13.1. The van der Waals surface area contributed by atoms with Gasteiger partial charge < -0.3 is 5.32 Å². The molecule has 0 amide bonds. The molecule has 0 radical (unpaired) electrons. The van der Waals surface area contributed by atoms with Crippen molar-refractivity contribution in [2.24, 2.45) is 0 Å². The van der Waals surface area contributed by atoms with Crippen molar-refractivity contribution in [3.8, 4) is 0 Å². The molecule has 1 aromatic carbocycles. The smallest absolute Gasteiger partial charge is 0.137 e. The van der Waals surface area contributed by atoms with E-state index in [1.54, 1.807) is 6.33 Å². The van der Waals surface area contributed by atoms with E-state index in [-0.39, 0.29) is 0 Å². The van der Waals surface area contributed by atoms with Crippen molar-refractivity contribution >= 4 is 11.6 Å². The first kappa shape index (κ1) is 12.6. The molecule has 1 heterocycles. The van der Waals surface area contributed by atoms with Gasteiger partial charge in [-0.1, -0.05) is 17.7 Å². The quantitative estimate of drug-likeness (QED) is 0.823. The van der Waals surface area contributed by atoms with Crippen LogP contribution < -0.4 is 5.32 Å². The molecule has 1 aliphatic carbocycles. The second-order valence-corrected chi connectivity index (χ2v) is 5.44. The lowest BCUT2D eigenvalue weighted by Crippen LogP contribution is -2.30. The number of aromatic amines is 1. The largest absolute Gasteiger partial charge is 0.313 e. The third kappa shape index (κ3) is 3.14. The lowest BCUT2D eigenvalue weighted by molar-refractivity contribution is 0.520. The topological polar surface area (TPSA) is 53.6 Å². The summed E-state index contributed by atoms with van der Waals surface area (Å²) in [6.45, 7) is 1.01. The van der Waals surface area contributed by atoms with Gasteiger partial charge in [-0.2, -0.15) is 5.10 Å². The number of halogens is 1. The second kappa shape index (κ2) is 5.72. The van der Waals surface area contributed by atoms with Crippen molar-refractivity contribution in [1.29, 1.82) is 0 Å². The van der Waals surface area contributed by atoms with Crippen LogP contribution >= 0.6 is 11.6 Å². The Labute approximate surface area is 117 Å². The zero-order valence-electron chi connectivity index (χ0n) is 10.7. The Morgan fingerprint density at radius 3 is 3.05 bits per heavy atom. The van der Waals surface area contributed by atoms with Crippen LogP contribution in [0.1, 0.15) is 23.4 Å². The van der Waals surface area contributed by atoms with Crippen LogP contribution in [0.4, 0.5) is 0 Å². The average molecular weight is 277 g/mol. The highest BCUT2D eigenvalue weighted by molar-refractivity contribution is 6.30. The molecule has 0 saturated carbocycles. The Kier molecular flexibility index (Phi) is 3.80. The molecule has 1 atom stereocenters. The second-order valence-electron chi connectivity index (χ2n) is 5.01. The molecular weight excluding hydrogens is 260 g/mol. The number of nitrogens with one attached hydrogen (secondary N) is 2. The van der Waals surface area contributed by atoms with E-state index in [9.17, 15) is 0 Å². The van der Waals surface area contributed by atoms with Crippen LogP contribution in [0.5, 0.6) is 0 Å². The highest BCUT2D eigenvalue weighted by Gasteiger charge is 2.20. The summed E-state index contributed by atoms with van der Waals surface area (Å²) in [7, 11) is 0. The maximum atomic E-state index is 6.02. The van der Waals surface area contributed by atoms with Crippen molar-refractivity contribution in [2.75, 3.05) is 6.54 Å². The first-order chi connectivity index (χ1) is 9.31. The molecule has 1 aromatic heterocycles. The van der Waals surface area contributed by atoms with Gasteiger partial charge in [-0.3, -0.25) is 5.10 Å². The van der Waals surface area contributed by atoms with Crippen molar-refractivity contribution < 1.29 is 0 Å². The molecule has 4 nitrogen and oxygen atoms in total. The number of aromatic nitrogens is 3. The summed E-state index contributed by atoms with van der Waals surface area (Å²) in [5, 5.41) is 11.2. The minimum atomic E-state index is 0.545. The van der Waals surface area contributed by atoms with E-state index in [2.05, 4.69) is 32.6 Å². The van der Waals surface area contributed by atoms with E-state index in [4.69, 9.17) is 11.6 Å². The number of fused-ring (bicyclic) bond motifs is 1. The van der Waals surface area contributed by atoms with Gasteiger partial charge in [0.2, 0.25) is 0 Å². The number of H-pyrrole nitrogens is 1. The number of aryl methyl sites for hydroxylation is 1. The van der Waals surface area contributed by atoms with Gasteiger partial charge in [0.1, 0.15) is 12.2 Å². The van der Waals surface area contributed by atoms with Gasteiger partial charge >= 0.3 is 0 Å². The molecule has 100 valence electrons. The summed E-state index contributed by atoms with van der Waals surface area (Å²) in [5.74, 6) is 0.961. The lowest BCUT2D eigenvalue weighted by atomic mass is 10.1. The van der Waals surface area contributed by atoms with Crippen LogP contribution in [-0.2, 0) is 19.3 Å². The first-order valence-electron chi connectivity index (χ1n) is 6.66. The fourth-order valence-corrected chi connectivity index (χ4v) is 2.84. The summed E-state index contributed by atoms with van der Waals surface area (Å²) in [6.07, 6.45) is 5.76. The SMILES string of the molecule is Clc1ccc2c(c1)CC(NCCCc1ncn[nH]1)C2. The van der Waals surface area contributed by atoms with Crippen molar-refractivity contribution in [3.05, 3.63) is 46.5 Å². The van der Waals surface area contributed by atoms with E-state index >= 15 is 0 Å². The Hall–Kier alpha value is -1.39. The Bertz CT molecular complexity index is 538. The molecule has 0 bridgehead atoms. The lowest BCUT2D eigenvalue weighted by Gasteiger charge is -2.11. The standard InChI is InChI=1S/C14H17ClN4/c15-12-4-3-10-7-13(8-11(10)6-12)16-5-1-2-14-17-9-18-19-14/h3-4,6,9,13,16H,1-2,5,7-8H2,(H,17,18,19). The molecule has 2 N–H and O–H groups in total. The monoisotopic (exact) mass is 276 g/mol. The summed E-state index contributed by atoms with van der Waals surface area (Å²) < 4.78 is 0. The van der Waals surface area contributed by atoms with E-state index in [1.165, 1.54) is 11.1 Å². The van der Waals surface area contributed by atoms with E-state index in [0.29, 0.717) is 6.04 Å². The van der Waals surface area contributed by atoms with Crippen molar-refractivity contribution in [2.45, 2.75) is 31.7 Å². The van der Waals surface area contributed by atoms with E-state index in [0.717, 1.165) is 43.1 Å². The summed E-state index contributed by atoms with van der Waals surface area (Å²) >= 11 is 6.02.